The zero-order valence-corrected chi connectivity index (χ0v) is 15.5. The van der Waals surface area contributed by atoms with Gasteiger partial charge in [-0.05, 0) is 39.3 Å². The molecule has 0 aliphatic heterocycles. The maximum atomic E-state index is 11.8. The van der Waals surface area contributed by atoms with Crippen molar-refractivity contribution < 1.29 is 4.79 Å². The van der Waals surface area contributed by atoms with Crippen molar-refractivity contribution in [2.75, 3.05) is 20.1 Å². The van der Waals surface area contributed by atoms with Gasteiger partial charge in [0.2, 0.25) is 5.91 Å². The Morgan fingerprint density at radius 3 is 2.72 bits per heavy atom. The number of hydrogen-bond acceptors (Lipinski definition) is 3. The number of aliphatic imine (C=N–C) groups is 1. The Morgan fingerprint density at radius 2 is 2.00 bits per heavy atom. The number of aromatic nitrogens is 2. The highest BCUT2D eigenvalue weighted by Gasteiger charge is 2.13. The Kier molecular flexibility index (Phi) is 6.38. The van der Waals surface area contributed by atoms with E-state index in [0.717, 1.165) is 30.5 Å². The molecule has 7 nitrogen and oxygen atoms in total. The maximum absolute atomic E-state index is 11.8. The lowest BCUT2D eigenvalue weighted by Gasteiger charge is -2.21. The average Bonchev–Trinajstić information content (AvgIpc) is 2.96. The van der Waals surface area contributed by atoms with Crippen LogP contribution in [0.1, 0.15) is 27.2 Å². The summed E-state index contributed by atoms with van der Waals surface area (Å²) < 4.78 is 2.14. The lowest BCUT2D eigenvalue weighted by molar-refractivity contribution is -0.121. The van der Waals surface area contributed by atoms with Gasteiger partial charge in [-0.15, -0.1) is 0 Å². The summed E-state index contributed by atoms with van der Waals surface area (Å²) in [5.74, 6) is 0.569. The Bertz CT molecular complexity index is 728. The van der Waals surface area contributed by atoms with Gasteiger partial charge < -0.3 is 20.5 Å². The molecule has 0 spiro atoms. The molecule has 0 radical (unpaired) electrons. The van der Waals surface area contributed by atoms with Crippen LogP contribution in [0.2, 0.25) is 0 Å². The molecular formula is C18H28N6O. The molecule has 0 saturated heterocycles. The Morgan fingerprint density at radius 1 is 1.24 bits per heavy atom. The second-order valence-electron chi connectivity index (χ2n) is 6.93. The molecule has 0 bridgehead atoms. The fourth-order valence-corrected chi connectivity index (χ4v) is 2.49. The van der Waals surface area contributed by atoms with Crippen molar-refractivity contribution in [3.05, 3.63) is 30.6 Å². The summed E-state index contributed by atoms with van der Waals surface area (Å²) in [6.07, 6.45) is 2.80. The minimum atomic E-state index is -0.233. The molecule has 1 aromatic heterocycles. The quantitative estimate of drug-likeness (QED) is 0.421. The van der Waals surface area contributed by atoms with Crippen molar-refractivity contribution in [3.8, 4) is 0 Å². The molecule has 0 fully saturated rings. The number of rotatable bonds is 6. The highest BCUT2D eigenvalue weighted by atomic mass is 16.2. The number of nitrogens with zero attached hydrogens (tertiary/aromatic N) is 3. The molecule has 0 saturated carbocycles. The number of guanidine groups is 1. The second kappa shape index (κ2) is 8.50. The first kappa shape index (κ1) is 18.8. The highest BCUT2D eigenvalue weighted by Crippen LogP contribution is 2.11. The molecule has 3 N–H and O–H groups in total. The van der Waals surface area contributed by atoms with E-state index >= 15 is 0 Å². The smallest absolute Gasteiger partial charge is 0.239 e. The summed E-state index contributed by atoms with van der Waals surface area (Å²) >= 11 is 0. The zero-order chi connectivity index (χ0) is 18.3. The summed E-state index contributed by atoms with van der Waals surface area (Å²) in [6.45, 7) is 7.69. The van der Waals surface area contributed by atoms with E-state index in [2.05, 4.69) is 36.6 Å². The number of amides is 1. The van der Waals surface area contributed by atoms with Crippen LogP contribution in [0.15, 0.2) is 35.6 Å². The monoisotopic (exact) mass is 344 g/mol. The summed E-state index contributed by atoms with van der Waals surface area (Å²) in [7, 11) is 1.69. The summed E-state index contributed by atoms with van der Waals surface area (Å²) in [5.41, 5.74) is 1.92. The normalized spacial score (nSPS) is 12.2. The standard InChI is InChI=1S/C18H28N6O/c1-18(2,3)23-16(25)12-21-17(19-4)20-10-7-11-24-13-22-14-8-5-6-9-15(14)24/h5-6,8-9,13H,7,10-12H2,1-4H3,(H,23,25)(H2,19,20,21). The fraction of sp³-hybridized carbons (Fsp3) is 0.500. The molecule has 2 rings (SSSR count). The highest BCUT2D eigenvalue weighted by molar-refractivity contribution is 5.86. The van der Waals surface area contributed by atoms with Gasteiger partial charge in [-0.3, -0.25) is 9.79 Å². The van der Waals surface area contributed by atoms with Crippen LogP contribution in [-0.4, -0.2) is 47.1 Å². The number of para-hydroxylation sites is 2. The predicted molar refractivity (Wildman–Crippen MR) is 102 cm³/mol. The molecule has 7 heteroatoms. The lowest BCUT2D eigenvalue weighted by Crippen LogP contribution is -2.48. The van der Waals surface area contributed by atoms with Gasteiger partial charge in [0.1, 0.15) is 0 Å². The molecule has 0 unspecified atom stereocenters. The number of fused-ring (bicyclic) bond motifs is 1. The van der Waals surface area contributed by atoms with E-state index < -0.39 is 0 Å². The topological polar surface area (TPSA) is 83.3 Å². The second-order valence-corrected chi connectivity index (χ2v) is 6.93. The third-order valence-corrected chi connectivity index (χ3v) is 3.55. The van der Waals surface area contributed by atoms with Gasteiger partial charge in [0.05, 0.1) is 23.9 Å². The Labute approximate surface area is 148 Å². The van der Waals surface area contributed by atoms with E-state index in [1.807, 2.05) is 45.3 Å². The number of benzene rings is 1. The molecule has 0 aliphatic carbocycles. The molecule has 1 amide bonds. The van der Waals surface area contributed by atoms with Gasteiger partial charge in [-0.1, -0.05) is 12.1 Å². The minimum Gasteiger partial charge on any atom is -0.356 e. The Hall–Kier alpha value is -2.57. The van der Waals surface area contributed by atoms with Crippen LogP contribution in [0.4, 0.5) is 0 Å². The first-order valence-corrected chi connectivity index (χ1v) is 8.54. The molecule has 0 atom stereocenters. The first-order valence-electron chi connectivity index (χ1n) is 8.54. The molecule has 1 heterocycles. The van der Waals surface area contributed by atoms with Gasteiger partial charge in [-0.25, -0.2) is 4.98 Å². The van der Waals surface area contributed by atoms with E-state index in [-0.39, 0.29) is 18.0 Å². The van der Waals surface area contributed by atoms with Gasteiger partial charge >= 0.3 is 0 Å². The molecule has 1 aromatic carbocycles. The fourth-order valence-electron chi connectivity index (χ4n) is 2.49. The maximum Gasteiger partial charge on any atom is 0.239 e. The molecular weight excluding hydrogens is 316 g/mol. The molecule has 136 valence electrons. The SMILES string of the molecule is CN=C(NCCCn1cnc2ccccc21)NCC(=O)NC(C)(C)C. The predicted octanol–water partition coefficient (Wildman–Crippen LogP) is 1.51. The van der Waals surface area contributed by atoms with Crippen molar-refractivity contribution in [1.82, 2.24) is 25.5 Å². The van der Waals surface area contributed by atoms with Crippen LogP contribution >= 0.6 is 0 Å². The van der Waals surface area contributed by atoms with Gasteiger partial charge in [0.25, 0.3) is 0 Å². The van der Waals surface area contributed by atoms with E-state index in [0.29, 0.717) is 5.96 Å². The van der Waals surface area contributed by atoms with Crippen molar-refractivity contribution in [3.63, 3.8) is 0 Å². The van der Waals surface area contributed by atoms with E-state index in [1.165, 1.54) is 0 Å². The van der Waals surface area contributed by atoms with Gasteiger partial charge in [0, 0.05) is 25.7 Å². The van der Waals surface area contributed by atoms with Gasteiger partial charge in [-0.2, -0.15) is 0 Å². The zero-order valence-electron chi connectivity index (χ0n) is 15.5. The number of hydrogen-bond donors (Lipinski definition) is 3. The van der Waals surface area contributed by atoms with Crippen molar-refractivity contribution in [2.24, 2.45) is 4.99 Å². The number of aryl methyl sites for hydroxylation is 1. The number of carbonyl (C=O) groups excluding carboxylic acids is 1. The Balaban J connectivity index is 1.72. The third kappa shape index (κ3) is 6.10. The lowest BCUT2D eigenvalue weighted by atomic mass is 10.1. The molecule has 0 aliphatic rings. The number of carbonyl (C=O) groups is 1. The number of nitrogens with one attached hydrogen (secondary N) is 3. The third-order valence-electron chi connectivity index (χ3n) is 3.55. The van der Waals surface area contributed by atoms with Crippen LogP contribution in [0, 0.1) is 0 Å². The molecule has 25 heavy (non-hydrogen) atoms. The average molecular weight is 344 g/mol. The van der Waals surface area contributed by atoms with E-state index in [4.69, 9.17) is 0 Å². The van der Waals surface area contributed by atoms with Crippen LogP contribution in [0.3, 0.4) is 0 Å². The summed E-state index contributed by atoms with van der Waals surface area (Å²) in [4.78, 5) is 20.3. The van der Waals surface area contributed by atoms with Crippen LogP contribution in [0.25, 0.3) is 11.0 Å². The van der Waals surface area contributed by atoms with Crippen molar-refractivity contribution >= 4 is 22.9 Å². The largest absolute Gasteiger partial charge is 0.356 e. The first-order chi connectivity index (χ1) is 11.9. The van der Waals surface area contributed by atoms with E-state index in [9.17, 15) is 4.79 Å². The summed E-state index contributed by atoms with van der Waals surface area (Å²) in [6, 6.07) is 8.10. The van der Waals surface area contributed by atoms with Crippen LogP contribution in [0.5, 0.6) is 0 Å². The molecule has 2 aromatic rings. The summed E-state index contributed by atoms with van der Waals surface area (Å²) in [5, 5.41) is 9.15. The van der Waals surface area contributed by atoms with Crippen LogP contribution < -0.4 is 16.0 Å². The minimum absolute atomic E-state index is 0.0552. The van der Waals surface area contributed by atoms with Gasteiger partial charge in [0.15, 0.2) is 5.96 Å². The van der Waals surface area contributed by atoms with Crippen molar-refractivity contribution in [1.29, 1.82) is 0 Å². The van der Waals surface area contributed by atoms with Crippen LogP contribution in [-0.2, 0) is 11.3 Å². The van der Waals surface area contributed by atoms with E-state index in [1.54, 1.807) is 7.05 Å². The van der Waals surface area contributed by atoms with Crippen molar-refractivity contribution in [2.45, 2.75) is 39.3 Å². The number of imidazole rings is 1.